The first-order chi connectivity index (χ1) is 13.9. The predicted octanol–water partition coefficient (Wildman–Crippen LogP) is 3.42. The quantitative estimate of drug-likeness (QED) is 0.576. The predicted molar refractivity (Wildman–Crippen MR) is 117 cm³/mol. The highest BCUT2D eigenvalue weighted by Crippen LogP contribution is 2.39. The maximum Gasteiger partial charge on any atom is 0.261 e. The molecule has 2 atom stereocenters. The van der Waals surface area contributed by atoms with E-state index in [2.05, 4.69) is 87.5 Å². The van der Waals surface area contributed by atoms with Crippen LogP contribution in [0.3, 0.4) is 0 Å². The second-order valence-electron chi connectivity index (χ2n) is 8.79. The third kappa shape index (κ3) is 3.59. The summed E-state index contributed by atoms with van der Waals surface area (Å²) in [5, 5.41) is 3.94. The molecule has 0 aromatic heterocycles. The van der Waals surface area contributed by atoms with Crippen molar-refractivity contribution in [3.8, 4) is 0 Å². The standard InChI is InChI=1S/C24H29NO3Si/c1-24(2,3)29(19-11-6-4-7-12-19,20-13-8-5-9-14-20)28-22-16-17-23(26)25-21(22)15-10-18-27-25/h4-15,21-22H,16-18H2,1-3H3/t21-,22+/m1/s1. The van der Waals surface area contributed by atoms with Gasteiger partial charge in [-0.15, -0.1) is 0 Å². The van der Waals surface area contributed by atoms with Crippen molar-refractivity contribution >= 4 is 24.6 Å². The molecule has 2 aliphatic rings. The van der Waals surface area contributed by atoms with E-state index in [4.69, 9.17) is 9.26 Å². The summed E-state index contributed by atoms with van der Waals surface area (Å²) in [6.07, 6.45) is 5.12. The van der Waals surface area contributed by atoms with Gasteiger partial charge in [-0.2, -0.15) is 0 Å². The molecular weight excluding hydrogens is 378 g/mol. The van der Waals surface area contributed by atoms with Crippen LogP contribution in [0.15, 0.2) is 72.8 Å². The Morgan fingerprint density at radius 3 is 2.14 bits per heavy atom. The molecule has 2 aromatic carbocycles. The zero-order chi connectivity index (χ0) is 20.5. The van der Waals surface area contributed by atoms with E-state index in [1.165, 1.54) is 15.4 Å². The van der Waals surface area contributed by atoms with Gasteiger partial charge in [0.15, 0.2) is 0 Å². The highest BCUT2D eigenvalue weighted by molar-refractivity contribution is 6.99. The van der Waals surface area contributed by atoms with Gasteiger partial charge in [0, 0.05) is 6.42 Å². The normalized spacial score (nSPS) is 22.4. The average molecular weight is 408 g/mol. The number of hydroxylamine groups is 2. The van der Waals surface area contributed by atoms with Crippen LogP contribution in [0.25, 0.3) is 0 Å². The molecule has 152 valence electrons. The number of amides is 1. The van der Waals surface area contributed by atoms with E-state index >= 15 is 0 Å². The Balaban J connectivity index is 1.84. The lowest BCUT2D eigenvalue weighted by Gasteiger charge is -2.49. The van der Waals surface area contributed by atoms with Gasteiger partial charge in [0.1, 0.15) is 6.04 Å². The average Bonchev–Trinajstić information content (AvgIpc) is 2.74. The maximum absolute atomic E-state index is 12.4. The van der Waals surface area contributed by atoms with Crippen LogP contribution in [0.2, 0.25) is 5.04 Å². The Labute approximate surface area is 174 Å². The van der Waals surface area contributed by atoms with Crippen LogP contribution in [0.1, 0.15) is 33.6 Å². The van der Waals surface area contributed by atoms with Gasteiger partial charge in [0.25, 0.3) is 8.32 Å². The Morgan fingerprint density at radius 2 is 1.59 bits per heavy atom. The molecule has 4 rings (SSSR count). The molecule has 5 heteroatoms. The number of nitrogens with zero attached hydrogens (tertiary/aromatic N) is 1. The lowest BCUT2D eigenvalue weighted by atomic mass is 9.99. The van der Waals surface area contributed by atoms with Crippen molar-refractivity contribution in [2.24, 2.45) is 0 Å². The molecule has 4 nitrogen and oxygen atoms in total. The summed E-state index contributed by atoms with van der Waals surface area (Å²) >= 11 is 0. The number of piperidine rings is 1. The number of hydrogen-bond acceptors (Lipinski definition) is 3. The molecule has 2 heterocycles. The van der Waals surface area contributed by atoms with Crippen LogP contribution in [0.5, 0.6) is 0 Å². The Morgan fingerprint density at radius 1 is 1.00 bits per heavy atom. The van der Waals surface area contributed by atoms with Gasteiger partial charge >= 0.3 is 0 Å². The zero-order valence-electron chi connectivity index (χ0n) is 17.4. The summed E-state index contributed by atoms with van der Waals surface area (Å²) in [6.45, 7) is 7.27. The fraction of sp³-hybridized carbons (Fsp3) is 0.375. The van der Waals surface area contributed by atoms with Crippen LogP contribution < -0.4 is 10.4 Å². The van der Waals surface area contributed by atoms with Crippen molar-refractivity contribution in [1.82, 2.24) is 5.06 Å². The van der Waals surface area contributed by atoms with Gasteiger partial charge in [0.05, 0.1) is 12.7 Å². The monoisotopic (exact) mass is 407 g/mol. The van der Waals surface area contributed by atoms with Gasteiger partial charge in [-0.05, 0) is 21.8 Å². The van der Waals surface area contributed by atoms with Crippen molar-refractivity contribution in [3.63, 3.8) is 0 Å². The molecule has 0 unspecified atom stereocenters. The van der Waals surface area contributed by atoms with Crippen LogP contribution in [0, 0.1) is 0 Å². The maximum atomic E-state index is 12.4. The summed E-state index contributed by atoms with van der Waals surface area (Å²) in [6, 6.07) is 21.1. The van der Waals surface area contributed by atoms with Gasteiger partial charge in [-0.25, -0.2) is 5.06 Å². The fourth-order valence-corrected chi connectivity index (χ4v) is 9.32. The van der Waals surface area contributed by atoms with Crippen LogP contribution in [-0.4, -0.2) is 38.0 Å². The Bertz CT molecular complexity index is 837. The molecule has 0 radical (unpaired) electrons. The number of fused-ring (bicyclic) bond motifs is 1. The van der Waals surface area contributed by atoms with Gasteiger partial charge in [-0.3, -0.25) is 9.63 Å². The molecule has 2 aliphatic heterocycles. The van der Waals surface area contributed by atoms with E-state index in [0.717, 1.165) is 0 Å². The highest BCUT2D eigenvalue weighted by atomic mass is 28.4. The molecule has 0 aliphatic carbocycles. The molecule has 0 saturated carbocycles. The Hall–Kier alpha value is -2.21. The van der Waals surface area contributed by atoms with Crippen molar-refractivity contribution in [1.29, 1.82) is 0 Å². The molecule has 1 fully saturated rings. The van der Waals surface area contributed by atoms with Gasteiger partial charge < -0.3 is 4.43 Å². The van der Waals surface area contributed by atoms with E-state index in [-0.39, 0.29) is 23.1 Å². The first kappa shape index (κ1) is 20.1. The highest BCUT2D eigenvalue weighted by Gasteiger charge is 2.53. The van der Waals surface area contributed by atoms with E-state index in [1.54, 1.807) is 0 Å². The fourth-order valence-electron chi connectivity index (χ4n) is 4.59. The number of rotatable bonds is 4. The largest absolute Gasteiger partial charge is 0.402 e. The zero-order valence-corrected chi connectivity index (χ0v) is 18.4. The van der Waals surface area contributed by atoms with Crippen LogP contribution in [0.4, 0.5) is 0 Å². The molecule has 29 heavy (non-hydrogen) atoms. The lowest BCUT2D eigenvalue weighted by molar-refractivity contribution is -0.211. The first-order valence-electron chi connectivity index (χ1n) is 10.3. The van der Waals surface area contributed by atoms with Crippen LogP contribution in [-0.2, 0) is 14.1 Å². The van der Waals surface area contributed by atoms with E-state index in [0.29, 0.717) is 19.4 Å². The van der Waals surface area contributed by atoms with Crippen molar-refractivity contribution in [3.05, 3.63) is 72.8 Å². The number of carbonyl (C=O) groups excluding carboxylic acids is 1. The minimum atomic E-state index is -2.66. The van der Waals surface area contributed by atoms with Crippen LogP contribution >= 0.6 is 0 Å². The van der Waals surface area contributed by atoms with E-state index < -0.39 is 8.32 Å². The number of hydrogen-bond donors (Lipinski definition) is 0. The minimum absolute atomic E-state index is 0.0432. The molecule has 1 saturated heterocycles. The number of carbonyl (C=O) groups is 1. The molecular formula is C24H29NO3Si. The summed E-state index contributed by atoms with van der Waals surface area (Å²) in [5.74, 6) is 0.0432. The van der Waals surface area contributed by atoms with Crippen molar-refractivity contribution in [2.45, 2.75) is 50.8 Å². The summed E-state index contributed by atoms with van der Waals surface area (Å²) in [4.78, 5) is 18.1. The SMILES string of the molecule is CC(C)(C)[Si](O[C@H]1CCC(=O)N2OCC=C[C@H]12)(c1ccccc1)c1ccccc1. The molecule has 2 aromatic rings. The van der Waals surface area contributed by atoms with Crippen molar-refractivity contribution in [2.75, 3.05) is 6.61 Å². The van der Waals surface area contributed by atoms with Crippen molar-refractivity contribution < 1.29 is 14.1 Å². The molecule has 0 spiro atoms. The summed E-state index contributed by atoms with van der Waals surface area (Å²) < 4.78 is 7.25. The second-order valence-corrected chi connectivity index (χ2v) is 13.0. The second kappa shape index (κ2) is 7.90. The van der Waals surface area contributed by atoms with E-state index in [9.17, 15) is 4.79 Å². The summed E-state index contributed by atoms with van der Waals surface area (Å²) in [7, 11) is -2.66. The van der Waals surface area contributed by atoms with Gasteiger partial charge in [0.2, 0.25) is 5.91 Å². The lowest BCUT2D eigenvalue weighted by Crippen LogP contribution is -2.69. The third-order valence-electron chi connectivity index (χ3n) is 5.93. The molecule has 1 amide bonds. The topological polar surface area (TPSA) is 38.8 Å². The third-order valence-corrected chi connectivity index (χ3v) is 11.0. The molecule has 0 N–H and O–H groups in total. The minimum Gasteiger partial charge on any atom is -0.402 e. The number of benzene rings is 2. The smallest absolute Gasteiger partial charge is 0.261 e. The van der Waals surface area contributed by atoms with E-state index in [1.807, 2.05) is 6.08 Å². The summed E-state index contributed by atoms with van der Waals surface area (Å²) in [5.41, 5.74) is 0. The Kier molecular flexibility index (Phi) is 5.47. The first-order valence-corrected chi connectivity index (χ1v) is 12.2. The molecule has 0 bridgehead atoms. The van der Waals surface area contributed by atoms with Gasteiger partial charge in [-0.1, -0.05) is 93.6 Å².